The molecule has 1 atom stereocenters. The number of nitrogens with zero attached hydrogens (tertiary/aromatic N) is 1. The van der Waals surface area contributed by atoms with E-state index in [1.54, 1.807) is 30.9 Å². The molecule has 5 heteroatoms. The number of rotatable bonds is 2. The fraction of sp³-hybridized carbons (Fsp3) is 0.222. The zero-order valence-electron chi connectivity index (χ0n) is 7.33. The minimum atomic E-state index is -3.00. The molecule has 74 valence electrons. The van der Waals surface area contributed by atoms with Gasteiger partial charge in [0.05, 0.1) is 24.3 Å². The van der Waals surface area contributed by atoms with Crippen LogP contribution in [0.15, 0.2) is 39.5 Å². The Bertz CT molecular complexity index is 456. The number of furan rings is 1. The molecule has 0 bridgehead atoms. The van der Waals surface area contributed by atoms with Crippen LogP contribution in [0.1, 0.15) is 5.56 Å². The summed E-state index contributed by atoms with van der Waals surface area (Å²) in [6, 6.07) is 1.51. The average Bonchev–Trinajstić information content (AvgIpc) is 2.70. The second-order valence-electron chi connectivity index (χ2n) is 3.06. The summed E-state index contributed by atoms with van der Waals surface area (Å²) in [5, 5.41) is 1.21. The summed E-state index contributed by atoms with van der Waals surface area (Å²) in [6.45, 7) is 0. The highest BCUT2D eigenvalue weighted by Gasteiger charge is 2.19. The Morgan fingerprint density at radius 1 is 1.57 bits per heavy atom. The van der Waals surface area contributed by atoms with Crippen molar-refractivity contribution in [2.75, 3.05) is 5.75 Å². The van der Waals surface area contributed by atoms with Crippen molar-refractivity contribution in [2.24, 2.45) is 4.99 Å². The Morgan fingerprint density at radius 2 is 2.43 bits per heavy atom. The summed E-state index contributed by atoms with van der Waals surface area (Å²) in [7, 11) is -3.00. The molecule has 2 heterocycles. The molecule has 14 heavy (non-hydrogen) atoms. The van der Waals surface area contributed by atoms with Crippen LogP contribution in [0.3, 0.4) is 0 Å². The standard InChI is InChI=1S/C9H9NO3S/c11-14(12)4-2-9(7-14)10-5-8-1-3-13-6-8/h1-6,9H,7H2. The molecule has 1 aliphatic heterocycles. The van der Waals surface area contributed by atoms with Gasteiger partial charge in [-0.15, -0.1) is 0 Å². The van der Waals surface area contributed by atoms with E-state index in [-0.39, 0.29) is 11.8 Å². The molecule has 1 unspecified atom stereocenters. The molecule has 0 aliphatic carbocycles. The fourth-order valence-corrected chi connectivity index (χ4v) is 2.39. The lowest BCUT2D eigenvalue weighted by atomic mass is 10.3. The Balaban J connectivity index is 2.05. The minimum absolute atomic E-state index is 0.0708. The molecule has 0 fully saturated rings. The minimum Gasteiger partial charge on any atom is -0.472 e. The number of aliphatic imine (C=N–C) groups is 1. The monoisotopic (exact) mass is 211 g/mol. The van der Waals surface area contributed by atoms with E-state index >= 15 is 0 Å². The Kier molecular flexibility index (Phi) is 2.25. The van der Waals surface area contributed by atoms with Gasteiger partial charge in [-0.3, -0.25) is 4.99 Å². The quantitative estimate of drug-likeness (QED) is 0.686. The van der Waals surface area contributed by atoms with E-state index in [1.165, 1.54) is 5.41 Å². The first-order valence-corrected chi connectivity index (χ1v) is 5.84. The highest BCUT2D eigenvalue weighted by Crippen LogP contribution is 2.11. The predicted octanol–water partition coefficient (Wildman–Crippen LogP) is 1.01. The topological polar surface area (TPSA) is 59.6 Å². The molecule has 1 aliphatic rings. The van der Waals surface area contributed by atoms with Crippen LogP contribution < -0.4 is 0 Å². The van der Waals surface area contributed by atoms with Gasteiger partial charge in [-0.1, -0.05) is 0 Å². The van der Waals surface area contributed by atoms with E-state index < -0.39 is 9.84 Å². The average molecular weight is 211 g/mol. The lowest BCUT2D eigenvalue weighted by Crippen LogP contribution is -2.08. The first-order valence-electron chi connectivity index (χ1n) is 4.12. The van der Waals surface area contributed by atoms with Crippen LogP contribution in [0.5, 0.6) is 0 Å². The van der Waals surface area contributed by atoms with Gasteiger partial charge in [-0.25, -0.2) is 8.42 Å². The second kappa shape index (κ2) is 3.42. The van der Waals surface area contributed by atoms with E-state index in [9.17, 15) is 8.42 Å². The van der Waals surface area contributed by atoms with E-state index in [0.29, 0.717) is 0 Å². The second-order valence-corrected chi connectivity index (χ2v) is 4.99. The highest BCUT2D eigenvalue weighted by atomic mass is 32.2. The normalized spacial score (nSPS) is 24.7. The lowest BCUT2D eigenvalue weighted by Gasteiger charge is -1.96. The van der Waals surface area contributed by atoms with Gasteiger partial charge in [-0.2, -0.15) is 0 Å². The third-order valence-corrected chi connectivity index (χ3v) is 3.25. The molecule has 1 aromatic rings. The van der Waals surface area contributed by atoms with Crippen LogP contribution in [0.25, 0.3) is 0 Å². The molecule has 0 radical (unpaired) electrons. The molecule has 0 saturated carbocycles. The Hall–Kier alpha value is -1.36. The van der Waals surface area contributed by atoms with Gasteiger partial charge in [-0.05, 0) is 12.1 Å². The molecule has 0 amide bonds. The molecular formula is C9H9NO3S. The zero-order chi connectivity index (χ0) is 10.0. The van der Waals surface area contributed by atoms with Crippen molar-refractivity contribution in [3.8, 4) is 0 Å². The van der Waals surface area contributed by atoms with Crippen molar-refractivity contribution in [3.05, 3.63) is 35.6 Å². The van der Waals surface area contributed by atoms with Crippen LogP contribution in [0.2, 0.25) is 0 Å². The fourth-order valence-electron chi connectivity index (χ4n) is 1.18. The van der Waals surface area contributed by atoms with E-state index in [4.69, 9.17) is 4.42 Å². The summed E-state index contributed by atoms with van der Waals surface area (Å²) in [6.07, 6.45) is 6.30. The van der Waals surface area contributed by atoms with Crippen LogP contribution in [-0.2, 0) is 9.84 Å². The van der Waals surface area contributed by atoms with Gasteiger partial charge in [0.25, 0.3) is 0 Å². The first-order chi connectivity index (χ1) is 6.66. The molecule has 2 rings (SSSR count). The van der Waals surface area contributed by atoms with Crippen LogP contribution in [0, 0.1) is 0 Å². The van der Waals surface area contributed by atoms with Crippen molar-refractivity contribution in [1.82, 2.24) is 0 Å². The molecule has 0 saturated heterocycles. The van der Waals surface area contributed by atoms with Crippen molar-refractivity contribution in [3.63, 3.8) is 0 Å². The van der Waals surface area contributed by atoms with Crippen molar-refractivity contribution < 1.29 is 12.8 Å². The van der Waals surface area contributed by atoms with Gasteiger partial charge in [0.1, 0.15) is 0 Å². The van der Waals surface area contributed by atoms with Crippen molar-refractivity contribution in [2.45, 2.75) is 6.04 Å². The van der Waals surface area contributed by atoms with Crippen LogP contribution >= 0.6 is 0 Å². The Morgan fingerprint density at radius 3 is 3.00 bits per heavy atom. The maximum absolute atomic E-state index is 11.0. The van der Waals surface area contributed by atoms with Crippen LogP contribution in [0.4, 0.5) is 0 Å². The van der Waals surface area contributed by atoms with E-state index in [0.717, 1.165) is 5.56 Å². The predicted molar refractivity (Wildman–Crippen MR) is 53.0 cm³/mol. The summed E-state index contributed by atoms with van der Waals surface area (Å²) >= 11 is 0. The molecular weight excluding hydrogens is 202 g/mol. The van der Waals surface area contributed by atoms with Crippen molar-refractivity contribution in [1.29, 1.82) is 0 Å². The maximum Gasteiger partial charge on any atom is 0.173 e. The molecule has 0 spiro atoms. The number of hydrogen-bond donors (Lipinski definition) is 0. The summed E-state index contributed by atoms with van der Waals surface area (Å²) in [5.41, 5.74) is 0.836. The van der Waals surface area contributed by atoms with E-state index in [1.807, 2.05) is 0 Å². The molecule has 0 N–H and O–H groups in total. The van der Waals surface area contributed by atoms with Gasteiger partial charge in [0.15, 0.2) is 9.84 Å². The number of sulfone groups is 1. The zero-order valence-corrected chi connectivity index (χ0v) is 8.15. The molecule has 1 aromatic heterocycles. The largest absolute Gasteiger partial charge is 0.472 e. The number of hydrogen-bond acceptors (Lipinski definition) is 4. The van der Waals surface area contributed by atoms with Gasteiger partial charge >= 0.3 is 0 Å². The van der Waals surface area contributed by atoms with Gasteiger partial charge in [0, 0.05) is 17.2 Å². The first kappa shape index (κ1) is 9.21. The van der Waals surface area contributed by atoms with Gasteiger partial charge in [0.2, 0.25) is 0 Å². The summed E-state index contributed by atoms with van der Waals surface area (Å²) in [5.74, 6) is 0.0708. The third kappa shape index (κ3) is 2.11. The highest BCUT2D eigenvalue weighted by molar-refractivity contribution is 7.94. The Labute approximate surface area is 81.9 Å². The van der Waals surface area contributed by atoms with Crippen molar-refractivity contribution >= 4 is 16.1 Å². The van der Waals surface area contributed by atoms with E-state index in [2.05, 4.69) is 4.99 Å². The maximum atomic E-state index is 11.0. The summed E-state index contributed by atoms with van der Waals surface area (Å²) < 4.78 is 26.9. The third-order valence-electron chi connectivity index (χ3n) is 1.87. The lowest BCUT2D eigenvalue weighted by molar-refractivity contribution is 0.567. The van der Waals surface area contributed by atoms with Crippen LogP contribution in [-0.4, -0.2) is 26.4 Å². The molecule has 4 nitrogen and oxygen atoms in total. The smallest absolute Gasteiger partial charge is 0.173 e. The van der Waals surface area contributed by atoms with Gasteiger partial charge < -0.3 is 4.42 Å². The SMILES string of the molecule is O=S1(=O)C=CC(N=Cc2ccoc2)C1. The molecule has 0 aromatic carbocycles. The summed E-state index contributed by atoms with van der Waals surface area (Å²) in [4.78, 5) is 4.11.